The second-order valence-electron chi connectivity index (χ2n) is 14.2. The highest BCUT2D eigenvalue weighted by molar-refractivity contribution is 7.85. The van der Waals surface area contributed by atoms with E-state index in [-0.39, 0.29) is 17.9 Å². The van der Waals surface area contributed by atoms with Crippen molar-refractivity contribution >= 4 is 44.8 Å². The lowest BCUT2D eigenvalue weighted by Gasteiger charge is -2.33. The van der Waals surface area contributed by atoms with Crippen LogP contribution < -0.4 is 10.6 Å². The van der Waals surface area contributed by atoms with Crippen LogP contribution in [0.5, 0.6) is 0 Å². The van der Waals surface area contributed by atoms with Gasteiger partial charge in [-0.2, -0.15) is 0 Å². The highest BCUT2D eigenvalue weighted by atomic mass is 35.5. The molecule has 50 heavy (non-hydrogen) atoms. The van der Waals surface area contributed by atoms with Crippen LogP contribution in [0.1, 0.15) is 78.6 Å². The molecule has 0 fully saturated rings. The number of amides is 2. The maximum Gasteiger partial charge on any atom is 0.251 e. The smallest absolute Gasteiger partial charge is 0.251 e. The Hall–Kier alpha value is -4.24. The number of anilines is 1. The Kier molecular flexibility index (Phi) is 11.7. The van der Waals surface area contributed by atoms with Crippen molar-refractivity contribution in [2.45, 2.75) is 59.3 Å². The molecule has 1 aliphatic carbocycles. The summed E-state index contributed by atoms with van der Waals surface area (Å²) < 4.78 is 32.6. The Labute approximate surface area is 300 Å². The molecule has 2 atom stereocenters. The molecule has 0 saturated heterocycles. The van der Waals surface area contributed by atoms with Gasteiger partial charge in [-0.05, 0) is 119 Å². The van der Waals surface area contributed by atoms with Gasteiger partial charge in [-0.25, -0.2) is 8.42 Å². The predicted octanol–water partition coefficient (Wildman–Crippen LogP) is 8.79. The Morgan fingerprint density at radius 2 is 1.58 bits per heavy atom. The number of benzene rings is 4. The van der Waals surface area contributed by atoms with Crippen LogP contribution in [0.4, 0.5) is 5.69 Å². The van der Waals surface area contributed by atoms with Crippen molar-refractivity contribution in [1.82, 2.24) is 5.32 Å². The highest BCUT2D eigenvalue weighted by Crippen LogP contribution is 2.40. The predicted molar refractivity (Wildman–Crippen MR) is 201 cm³/mol. The van der Waals surface area contributed by atoms with Gasteiger partial charge in [0, 0.05) is 22.8 Å². The van der Waals surface area contributed by atoms with Gasteiger partial charge >= 0.3 is 0 Å². The minimum absolute atomic E-state index is 0.154. The molecule has 0 bridgehead atoms. The normalized spacial score (nSPS) is 15.6. The number of nitrogens with one attached hydrogen (secondary N) is 2. The first-order chi connectivity index (χ1) is 23.7. The number of hydrogen-bond acceptors (Lipinski definition) is 5. The van der Waals surface area contributed by atoms with Crippen molar-refractivity contribution in [2.75, 3.05) is 17.6 Å². The second kappa shape index (κ2) is 15.8. The van der Waals surface area contributed by atoms with Gasteiger partial charge in [-0.1, -0.05) is 93.0 Å². The molecule has 4 aromatic carbocycles. The Balaban J connectivity index is 1.35. The van der Waals surface area contributed by atoms with E-state index in [0.29, 0.717) is 28.6 Å². The summed E-state index contributed by atoms with van der Waals surface area (Å²) in [6, 6.07) is 28.7. The topological polar surface area (TPSA) is 115 Å². The number of allylic oxidation sites excluding steroid dienone is 2. The number of rotatable bonds is 11. The number of halogens is 1. The fraction of sp³-hybridized carbons (Fsp3) is 0.317. The molecule has 0 saturated carbocycles. The van der Waals surface area contributed by atoms with Gasteiger partial charge in [-0.15, -0.1) is 0 Å². The molecular weight excluding hydrogens is 668 g/mol. The van der Waals surface area contributed by atoms with Crippen LogP contribution in [0.15, 0.2) is 97.1 Å². The zero-order valence-corrected chi connectivity index (χ0v) is 30.5. The summed E-state index contributed by atoms with van der Waals surface area (Å²) in [6.45, 7) is 8.66. The molecule has 9 heteroatoms. The van der Waals surface area contributed by atoms with E-state index in [1.54, 1.807) is 24.3 Å². The third-order valence-electron chi connectivity index (χ3n) is 9.58. The van der Waals surface area contributed by atoms with E-state index in [2.05, 4.69) is 49.6 Å². The first-order valence-electron chi connectivity index (χ1n) is 16.9. The Morgan fingerprint density at radius 3 is 2.16 bits per heavy atom. The maximum atomic E-state index is 14.0. The van der Waals surface area contributed by atoms with Crippen LogP contribution in [0, 0.1) is 18.3 Å². The van der Waals surface area contributed by atoms with Crippen LogP contribution in [0.25, 0.3) is 16.7 Å². The summed E-state index contributed by atoms with van der Waals surface area (Å²) in [6.07, 6.45) is 6.01. The van der Waals surface area contributed by atoms with Crippen LogP contribution >= 0.6 is 11.6 Å². The lowest BCUT2D eigenvalue weighted by molar-refractivity contribution is -0.117. The molecule has 2 unspecified atom stereocenters. The average Bonchev–Trinajstić information content (AvgIpc) is 3.07. The number of carbonyl (C=O) groups is 2. The van der Waals surface area contributed by atoms with Gasteiger partial charge in [0.1, 0.15) is 0 Å². The largest absolute Gasteiger partial charge is 0.748 e. The van der Waals surface area contributed by atoms with Crippen molar-refractivity contribution in [1.29, 1.82) is 0 Å². The minimum Gasteiger partial charge on any atom is -0.748 e. The highest BCUT2D eigenvalue weighted by Gasteiger charge is 2.27. The van der Waals surface area contributed by atoms with Crippen LogP contribution in [0.2, 0.25) is 5.02 Å². The van der Waals surface area contributed by atoms with Crippen molar-refractivity contribution in [2.24, 2.45) is 11.3 Å². The van der Waals surface area contributed by atoms with Crippen LogP contribution in [-0.4, -0.2) is 37.1 Å². The van der Waals surface area contributed by atoms with Crippen molar-refractivity contribution in [3.05, 3.63) is 130 Å². The fourth-order valence-corrected chi connectivity index (χ4v) is 7.09. The summed E-state index contributed by atoms with van der Waals surface area (Å²) in [5.74, 6) is -1.17. The molecule has 2 amide bonds. The van der Waals surface area contributed by atoms with Crippen LogP contribution in [0.3, 0.4) is 0 Å². The summed E-state index contributed by atoms with van der Waals surface area (Å²) in [5, 5.41) is 6.26. The van der Waals surface area contributed by atoms with E-state index in [1.807, 2.05) is 61.5 Å². The molecule has 0 spiro atoms. The SMILES string of the molecule is Cc1cc(Cl)ccc1-c1ccc(NC(=O)C(Cc2ccc(C(=O)NCCS(=O)(=O)[O-])cc2)c2ccc(C3=CCC(C(C)(C)C)CC3)cc2)cc1. The molecule has 1 aliphatic rings. The zero-order chi connectivity index (χ0) is 36.1. The van der Waals surface area contributed by atoms with Gasteiger partial charge < -0.3 is 15.2 Å². The number of aryl methyl sites for hydroxylation is 1. The third-order valence-corrected chi connectivity index (χ3v) is 10.5. The molecule has 7 nitrogen and oxygen atoms in total. The van der Waals surface area contributed by atoms with E-state index in [9.17, 15) is 22.6 Å². The lowest BCUT2D eigenvalue weighted by atomic mass is 9.72. The standard InChI is InChI=1S/C41H45ClN2O5S/c1-27-25-35(42)19-22-37(27)31-15-20-36(21-16-31)44-40(46)38(26-28-5-7-33(8-6-28)39(45)43-23-24-50(47,48)49)32-11-9-29(10-12-32)30-13-17-34(18-14-30)41(2,3)4/h5-13,15-16,19-22,25,34,38H,14,17-18,23-24,26H2,1-4H3,(H,43,45)(H,44,46)(H,47,48,49)/p-1. The Bertz CT molecular complexity index is 1960. The quantitative estimate of drug-likeness (QED) is 0.151. The van der Waals surface area contributed by atoms with Gasteiger partial charge in [0.05, 0.1) is 21.8 Å². The van der Waals surface area contributed by atoms with Crippen LogP contribution in [-0.2, 0) is 21.3 Å². The van der Waals surface area contributed by atoms with Gasteiger partial charge in [0.2, 0.25) is 5.91 Å². The van der Waals surface area contributed by atoms with Gasteiger partial charge in [-0.3, -0.25) is 9.59 Å². The molecule has 2 N–H and O–H groups in total. The van der Waals surface area contributed by atoms with E-state index < -0.39 is 27.7 Å². The van der Waals surface area contributed by atoms with E-state index in [4.69, 9.17) is 11.6 Å². The first-order valence-corrected chi connectivity index (χ1v) is 18.9. The second-order valence-corrected chi connectivity index (χ2v) is 16.1. The number of hydrogen-bond donors (Lipinski definition) is 2. The molecular formula is C41H44ClN2O5S-. The lowest BCUT2D eigenvalue weighted by Crippen LogP contribution is -2.29. The molecule has 0 radical (unpaired) electrons. The summed E-state index contributed by atoms with van der Waals surface area (Å²) in [7, 11) is -4.42. The molecule has 5 rings (SSSR count). The zero-order valence-electron chi connectivity index (χ0n) is 29.0. The third kappa shape index (κ3) is 9.93. The van der Waals surface area contributed by atoms with E-state index in [0.717, 1.165) is 47.1 Å². The van der Waals surface area contributed by atoms with E-state index >= 15 is 0 Å². The summed E-state index contributed by atoms with van der Waals surface area (Å²) >= 11 is 6.15. The fourth-order valence-electron chi connectivity index (χ4n) is 6.51. The molecule has 262 valence electrons. The number of carbonyl (C=O) groups excluding carboxylic acids is 2. The summed E-state index contributed by atoms with van der Waals surface area (Å²) in [5.41, 5.74) is 8.69. The monoisotopic (exact) mass is 711 g/mol. The maximum absolute atomic E-state index is 14.0. The van der Waals surface area contributed by atoms with Gasteiger partial charge in [0.15, 0.2) is 0 Å². The first kappa shape index (κ1) is 37.0. The van der Waals surface area contributed by atoms with E-state index in [1.165, 1.54) is 11.1 Å². The van der Waals surface area contributed by atoms with Crippen molar-refractivity contribution in [3.8, 4) is 11.1 Å². The average molecular weight is 712 g/mol. The van der Waals surface area contributed by atoms with Crippen molar-refractivity contribution in [3.63, 3.8) is 0 Å². The van der Waals surface area contributed by atoms with Gasteiger partial charge in [0.25, 0.3) is 5.91 Å². The molecule has 4 aromatic rings. The molecule has 0 aromatic heterocycles. The minimum atomic E-state index is -4.42. The molecule has 0 heterocycles. The van der Waals surface area contributed by atoms with Crippen molar-refractivity contribution < 1.29 is 22.6 Å². The Morgan fingerprint density at radius 1 is 0.920 bits per heavy atom. The molecule has 0 aliphatic heterocycles. The summed E-state index contributed by atoms with van der Waals surface area (Å²) in [4.78, 5) is 26.5.